The largest absolute Gasteiger partial charge is 0.481 e. The summed E-state index contributed by atoms with van der Waals surface area (Å²) in [5.74, 6) is -4.70. The van der Waals surface area contributed by atoms with Crippen LogP contribution in [0.3, 0.4) is 0 Å². The van der Waals surface area contributed by atoms with Crippen molar-refractivity contribution in [1.82, 2.24) is 20.2 Å². The molecule has 3 aromatic carbocycles. The predicted octanol–water partition coefficient (Wildman–Crippen LogP) is 3.77. The van der Waals surface area contributed by atoms with E-state index in [0.717, 1.165) is 0 Å². The number of aliphatic carboxylic acids is 1. The summed E-state index contributed by atoms with van der Waals surface area (Å²) in [6, 6.07) is 19.4. The number of aromatic nitrogens is 2. The third kappa shape index (κ3) is 4.96. The number of hydrogen-bond donors (Lipinski definition) is 3. The standard InChI is InChI=1S/C35H33N5O7/c1-19(2)17-26-34(46)40-28-14-8-4-9-20(28)23(35(40,38-26)47-30(43)16-15-29(41)42)18-25-31-36-24-12-6-3-10-21(24)33(45)39(31)27-13-7-5-11-22(27)32(44)37-25/h3-14,19,23,25-26,38H,15-18H2,1-2H3,(H,37,44)(H,41,42)/t23?,25-,26?,35?/m0/s1. The lowest BCUT2D eigenvalue weighted by Gasteiger charge is -2.37. The van der Waals surface area contributed by atoms with Crippen molar-refractivity contribution in [3.63, 3.8) is 0 Å². The smallest absolute Gasteiger partial charge is 0.309 e. The Morgan fingerprint density at radius 2 is 1.64 bits per heavy atom. The van der Waals surface area contributed by atoms with Crippen LogP contribution in [0.2, 0.25) is 0 Å². The molecule has 1 aromatic heterocycles. The monoisotopic (exact) mass is 635 g/mol. The van der Waals surface area contributed by atoms with Crippen LogP contribution in [0.5, 0.6) is 0 Å². The van der Waals surface area contributed by atoms with Crippen LogP contribution in [0.4, 0.5) is 5.69 Å². The zero-order chi connectivity index (χ0) is 33.0. The van der Waals surface area contributed by atoms with Crippen molar-refractivity contribution in [2.24, 2.45) is 5.92 Å². The van der Waals surface area contributed by atoms with Crippen molar-refractivity contribution in [3.05, 3.63) is 100 Å². The first-order valence-electron chi connectivity index (χ1n) is 15.7. The highest BCUT2D eigenvalue weighted by Crippen LogP contribution is 2.54. The first kappa shape index (κ1) is 30.3. The molecule has 2 amide bonds. The maximum atomic E-state index is 14.1. The SMILES string of the molecule is CC(C)CC1NC2(OC(=O)CCC(=O)O)C(C[C@@H]3NC(=O)c4ccccc4-n4c3nc3ccccc3c4=O)c3ccccc3N2C1=O. The van der Waals surface area contributed by atoms with Crippen molar-refractivity contribution in [2.45, 2.75) is 63.4 Å². The first-order chi connectivity index (χ1) is 22.6. The number of nitrogens with zero attached hydrogens (tertiary/aromatic N) is 3. The first-order valence-corrected chi connectivity index (χ1v) is 15.7. The topological polar surface area (TPSA) is 160 Å². The van der Waals surface area contributed by atoms with Crippen LogP contribution >= 0.6 is 0 Å². The molecule has 1 saturated heterocycles. The lowest BCUT2D eigenvalue weighted by molar-refractivity contribution is -0.166. The summed E-state index contributed by atoms with van der Waals surface area (Å²) >= 11 is 0. The lowest BCUT2D eigenvalue weighted by atomic mass is 9.88. The van der Waals surface area contributed by atoms with Crippen molar-refractivity contribution in [3.8, 4) is 5.69 Å². The fourth-order valence-corrected chi connectivity index (χ4v) is 7.12. The number of benzene rings is 3. The third-order valence-corrected chi connectivity index (χ3v) is 9.06. The molecule has 47 heavy (non-hydrogen) atoms. The van der Waals surface area contributed by atoms with Crippen LogP contribution in [-0.2, 0) is 19.1 Å². The summed E-state index contributed by atoms with van der Waals surface area (Å²) < 4.78 is 7.64. The van der Waals surface area contributed by atoms with Crippen LogP contribution in [0.15, 0.2) is 77.6 Å². The maximum absolute atomic E-state index is 14.1. The highest BCUT2D eigenvalue weighted by molar-refractivity contribution is 6.04. The van der Waals surface area contributed by atoms with Gasteiger partial charge in [-0.3, -0.25) is 33.4 Å². The van der Waals surface area contributed by atoms with Crippen molar-refractivity contribution in [1.29, 1.82) is 0 Å². The van der Waals surface area contributed by atoms with Gasteiger partial charge >= 0.3 is 11.9 Å². The molecule has 0 saturated carbocycles. The number of fused-ring (bicyclic) bond motifs is 7. The zero-order valence-electron chi connectivity index (χ0n) is 25.8. The Hall–Kier alpha value is -5.36. The third-order valence-electron chi connectivity index (χ3n) is 9.06. The van der Waals surface area contributed by atoms with Crippen LogP contribution < -0.4 is 21.1 Å². The summed E-state index contributed by atoms with van der Waals surface area (Å²) in [6.07, 6.45) is -0.321. The Morgan fingerprint density at radius 3 is 2.40 bits per heavy atom. The molecule has 7 rings (SSSR count). The average Bonchev–Trinajstić information content (AvgIpc) is 3.41. The fraction of sp³-hybridized carbons (Fsp3) is 0.314. The number of carboxylic acids is 1. The fourth-order valence-electron chi connectivity index (χ4n) is 7.12. The highest BCUT2D eigenvalue weighted by Gasteiger charge is 2.64. The lowest BCUT2D eigenvalue weighted by Crippen LogP contribution is -2.57. The molecule has 12 nitrogen and oxygen atoms in total. The predicted molar refractivity (Wildman–Crippen MR) is 171 cm³/mol. The number of carbonyl (C=O) groups excluding carboxylic acids is 3. The summed E-state index contributed by atoms with van der Waals surface area (Å²) in [7, 11) is 0. The molecule has 3 N–H and O–H groups in total. The second kappa shape index (κ2) is 11.5. The van der Waals surface area contributed by atoms with E-state index in [-0.39, 0.29) is 23.8 Å². The number of esters is 1. The van der Waals surface area contributed by atoms with E-state index in [0.29, 0.717) is 45.6 Å². The van der Waals surface area contributed by atoms with Gasteiger partial charge in [0.15, 0.2) is 0 Å². The number of anilines is 1. The number of rotatable bonds is 8. The zero-order valence-corrected chi connectivity index (χ0v) is 25.8. The quantitative estimate of drug-likeness (QED) is 0.245. The molecule has 4 atom stereocenters. The van der Waals surface area contributed by atoms with Crippen molar-refractivity contribution < 1.29 is 29.0 Å². The minimum absolute atomic E-state index is 0.0684. The molecule has 4 aromatic rings. The van der Waals surface area contributed by atoms with Crippen LogP contribution in [0.1, 0.15) is 73.2 Å². The summed E-state index contributed by atoms with van der Waals surface area (Å²) in [6.45, 7) is 3.97. The van der Waals surface area contributed by atoms with Gasteiger partial charge < -0.3 is 15.2 Å². The number of hydrogen-bond acceptors (Lipinski definition) is 8. The molecule has 0 aliphatic carbocycles. The number of amides is 2. The van der Waals surface area contributed by atoms with Gasteiger partial charge in [-0.2, -0.15) is 0 Å². The minimum Gasteiger partial charge on any atom is -0.481 e. The summed E-state index contributed by atoms with van der Waals surface area (Å²) in [5, 5.41) is 16.1. The Balaban J connectivity index is 1.40. The molecule has 4 heterocycles. The van der Waals surface area contributed by atoms with Gasteiger partial charge in [-0.05, 0) is 54.7 Å². The number of carboxylic acid groups (broad SMARTS) is 1. The van der Waals surface area contributed by atoms with Gasteiger partial charge in [-0.25, -0.2) is 10.3 Å². The highest BCUT2D eigenvalue weighted by atomic mass is 16.6. The second-order valence-electron chi connectivity index (χ2n) is 12.6. The Kier molecular flexibility index (Phi) is 7.39. The van der Waals surface area contributed by atoms with Crippen molar-refractivity contribution >= 4 is 40.3 Å². The van der Waals surface area contributed by atoms with Gasteiger partial charge in [0, 0.05) is 0 Å². The van der Waals surface area contributed by atoms with E-state index in [1.807, 2.05) is 26.0 Å². The molecule has 12 heteroatoms. The normalized spacial score (nSPS) is 22.7. The molecule has 3 unspecified atom stereocenters. The molecular formula is C35H33N5O7. The van der Waals surface area contributed by atoms with E-state index in [1.54, 1.807) is 60.7 Å². The number of carbonyl (C=O) groups is 4. The summed E-state index contributed by atoms with van der Waals surface area (Å²) in [4.78, 5) is 73.0. The Bertz CT molecular complexity index is 2020. The van der Waals surface area contributed by atoms with Gasteiger partial charge in [-0.15, -0.1) is 0 Å². The molecule has 0 spiro atoms. The van der Waals surface area contributed by atoms with Gasteiger partial charge in [0.05, 0.1) is 58.7 Å². The molecule has 1 fully saturated rings. The molecule has 3 aliphatic rings. The summed E-state index contributed by atoms with van der Waals surface area (Å²) in [5.41, 5.74) is 2.03. The molecule has 3 aliphatic heterocycles. The number of para-hydroxylation sites is 3. The number of nitrogens with one attached hydrogen (secondary N) is 2. The number of ether oxygens (including phenoxy) is 1. The second-order valence-corrected chi connectivity index (χ2v) is 12.6. The van der Waals surface area contributed by atoms with E-state index in [9.17, 15) is 29.1 Å². The molecule has 0 radical (unpaired) electrons. The molecular weight excluding hydrogens is 602 g/mol. The van der Waals surface area contributed by atoms with Crippen LogP contribution in [0, 0.1) is 5.92 Å². The maximum Gasteiger partial charge on any atom is 0.309 e. The Labute approximate surface area is 269 Å². The Morgan fingerprint density at radius 1 is 0.936 bits per heavy atom. The van der Waals surface area contributed by atoms with Crippen LogP contribution in [-0.4, -0.2) is 50.3 Å². The molecule has 240 valence electrons. The van der Waals surface area contributed by atoms with E-state index < -0.39 is 54.5 Å². The van der Waals surface area contributed by atoms with Crippen LogP contribution in [0.25, 0.3) is 16.6 Å². The minimum atomic E-state index is -1.72. The van der Waals surface area contributed by atoms with E-state index in [4.69, 9.17) is 9.72 Å². The van der Waals surface area contributed by atoms with Gasteiger partial charge in [0.1, 0.15) is 5.82 Å². The van der Waals surface area contributed by atoms with Gasteiger partial charge in [-0.1, -0.05) is 56.3 Å². The van der Waals surface area contributed by atoms with E-state index in [2.05, 4.69) is 10.6 Å². The van der Waals surface area contributed by atoms with Gasteiger partial charge in [0.25, 0.3) is 17.3 Å². The molecule has 0 bridgehead atoms. The van der Waals surface area contributed by atoms with Crippen molar-refractivity contribution in [2.75, 3.05) is 4.90 Å². The van der Waals surface area contributed by atoms with E-state index >= 15 is 0 Å². The average molecular weight is 636 g/mol. The van der Waals surface area contributed by atoms with Gasteiger partial charge in [0.2, 0.25) is 5.91 Å². The van der Waals surface area contributed by atoms with E-state index in [1.165, 1.54) is 9.47 Å².